The highest BCUT2D eigenvalue weighted by Gasteiger charge is 2.32. The van der Waals surface area contributed by atoms with Gasteiger partial charge in [-0.1, -0.05) is 19.3 Å². The number of hydrogen-bond donors (Lipinski definition) is 2. The van der Waals surface area contributed by atoms with E-state index >= 15 is 0 Å². The molecule has 0 spiro atoms. The summed E-state index contributed by atoms with van der Waals surface area (Å²) in [6, 6.07) is 0.481. The van der Waals surface area contributed by atoms with Gasteiger partial charge in [0.1, 0.15) is 0 Å². The van der Waals surface area contributed by atoms with Crippen LogP contribution in [0.15, 0.2) is 0 Å². The summed E-state index contributed by atoms with van der Waals surface area (Å²) in [7, 11) is 2.11. The van der Waals surface area contributed by atoms with Gasteiger partial charge >= 0.3 is 0 Å². The number of carbonyl (C=O) groups is 1. The van der Waals surface area contributed by atoms with Crippen molar-refractivity contribution in [3.05, 3.63) is 0 Å². The molecule has 1 amide bonds. The molecule has 4 nitrogen and oxygen atoms in total. The average Bonchev–Trinajstić information content (AvgIpc) is 2.72. The van der Waals surface area contributed by atoms with Gasteiger partial charge in [-0.15, -0.1) is 0 Å². The van der Waals surface area contributed by atoms with Crippen LogP contribution < -0.4 is 5.32 Å². The number of rotatable bonds is 4. The molecule has 1 aliphatic carbocycles. The lowest BCUT2D eigenvalue weighted by atomic mass is 9.82. The third-order valence-electron chi connectivity index (χ3n) is 4.48. The lowest BCUT2D eigenvalue weighted by Crippen LogP contribution is -2.42. The number of likely N-dealkylation sites (N-methyl/N-ethyl adjacent to an activating group) is 1. The van der Waals surface area contributed by atoms with Gasteiger partial charge in [0.05, 0.1) is 12.0 Å². The van der Waals surface area contributed by atoms with Gasteiger partial charge in [-0.3, -0.25) is 4.79 Å². The number of nitrogens with zero attached hydrogens (tertiary/aromatic N) is 1. The van der Waals surface area contributed by atoms with E-state index in [0.717, 1.165) is 38.8 Å². The van der Waals surface area contributed by atoms with E-state index in [2.05, 4.69) is 17.3 Å². The van der Waals surface area contributed by atoms with Crippen molar-refractivity contribution >= 4 is 5.91 Å². The van der Waals surface area contributed by atoms with Crippen molar-refractivity contribution in [1.82, 2.24) is 10.2 Å². The Labute approximate surface area is 110 Å². The zero-order valence-corrected chi connectivity index (χ0v) is 11.5. The van der Waals surface area contributed by atoms with E-state index in [1.165, 1.54) is 19.3 Å². The van der Waals surface area contributed by atoms with Crippen molar-refractivity contribution in [1.29, 1.82) is 0 Å². The number of likely N-dealkylation sites (tertiary alicyclic amines) is 1. The van der Waals surface area contributed by atoms with Crippen molar-refractivity contribution in [2.24, 2.45) is 0 Å². The fraction of sp³-hybridized carbons (Fsp3) is 0.929. The molecule has 1 saturated carbocycles. The third kappa shape index (κ3) is 3.69. The molecule has 0 aromatic heterocycles. The van der Waals surface area contributed by atoms with Gasteiger partial charge < -0.3 is 15.3 Å². The quantitative estimate of drug-likeness (QED) is 0.794. The smallest absolute Gasteiger partial charge is 0.222 e. The Morgan fingerprint density at radius 1 is 1.33 bits per heavy atom. The first-order chi connectivity index (χ1) is 8.59. The Hall–Kier alpha value is -0.610. The Kier molecular flexibility index (Phi) is 4.62. The van der Waals surface area contributed by atoms with Gasteiger partial charge in [-0.2, -0.15) is 0 Å². The molecule has 2 rings (SSSR count). The van der Waals surface area contributed by atoms with E-state index in [1.54, 1.807) is 0 Å². The van der Waals surface area contributed by atoms with E-state index < -0.39 is 5.60 Å². The lowest BCUT2D eigenvalue weighted by molar-refractivity contribution is -0.127. The minimum atomic E-state index is -0.732. The fourth-order valence-electron chi connectivity index (χ4n) is 3.22. The van der Waals surface area contributed by atoms with Crippen LogP contribution in [0.4, 0.5) is 0 Å². The van der Waals surface area contributed by atoms with Crippen LogP contribution in [0.25, 0.3) is 0 Å². The van der Waals surface area contributed by atoms with E-state index in [4.69, 9.17) is 0 Å². The van der Waals surface area contributed by atoms with Gasteiger partial charge in [0.25, 0.3) is 0 Å². The highest BCUT2D eigenvalue weighted by molar-refractivity contribution is 5.77. The van der Waals surface area contributed by atoms with Crippen LogP contribution in [-0.4, -0.2) is 47.7 Å². The van der Waals surface area contributed by atoms with Crippen molar-refractivity contribution in [2.45, 2.75) is 63.0 Å². The molecule has 0 aromatic carbocycles. The second-order valence-corrected chi connectivity index (χ2v) is 6.04. The highest BCUT2D eigenvalue weighted by Crippen LogP contribution is 2.30. The number of nitrogens with one attached hydrogen (secondary N) is 1. The number of amides is 1. The molecule has 0 radical (unpaired) electrons. The van der Waals surface area contributed by atoms with E-state index in [0.29, 0.717) is 6.04 Å². The van der Waals surface area contributed by atoms with Crippen LogP contribution in [0.5, 0.6) is 0 Å². The van der Waals surface area contributed by atoms with Crippen LogP contribution in [0, 0.1) is 0 Å². The number of aliphatic hydroxyl groups is 1. The molecule has 0 bridgehead atoms. The van der Waals surface area contributed by atoms with Gasteiger partial charge in [0.15, 0.2) is 0 Å². The van der Waals surface area contributed by atoms with Crippen LogP contribution in [0.3, 0.4) is 0 Å². The molecule has 0 aromatic rings. The lowest BCUT2D eigenvalue weighted by Gasteiger charge is -2.31. The molecule has 1 saturated heterocycles. The Morgan fingerprint density at radius 3 is 2.67 bits per heavy atom. The molecule has 1 unspecified atom stereocenters. The molecule has 4 heteroatoms. The van der Waals surface area contributed by atoms with E-state index in [9.17, 15) is 9.90 Å². The molecule has 1 atom stereocenters. The summed E-state index contributed by atoms with van der Waals surface area (Å²) >= 11 is 0. The first kappa shape index (κ1) is 13.8. The molecule has 2 aliphatic rings. The van der Waals surface area contributed by atoms with Crippen molar-refractivity contribution in [3.8, 4) is 0 Å². The van der Waals surface area contributed by atoms with E-state index in [-0.39, 0.29) is 12.3 Å². The van der Waals surface area contributed by atoms with E-state index in [1.807, 2.05) is 0 Å². The summed E-state index contributed by atoms with van der Waals surface area (Å²) in [4.78, 5) is 14.2. The maximum Gasteiger partial charge on any atom is 0.222 e. The zero-order chi connectivity index (χ0) is 13.0. The Morgan fingerprint density at radius 2 is 2.06 bits per heavy atom. The summed E-state index contributed by atoms with van der Waals surface area (Å²) in [5.41, 5.74) is -0.732. The predicted molar refractivity (Wildman–Crippen MR) is 71.3 cm³/mol. The maximum absolute atomic E-state index is 11.9. The molecule has 104 valence electrons. The van der Waals surface area contributed by atoms with Crippen molar-refractivity contribution in [2.75, 3.05) is 20.1 Å². The maximum atomic E-state index is 11.9. The van der Waals surface area contributed by atoms with Crippen LogP contribution in [-0.2, 0) is 4.79 Å². The molecule has 2 N–H and O–H groups in total. The van der Waals surface area contributed by atoms with Gasteiger partial charge in [-0.25, -0.2) is 0 Å². The second kappa shape index (κ2) is 6.02. The Bertz CT molecular complexity index is 288. The molecular formula is C14H26N2O2. The second-order valence-electron chi connectivity index (χ2n) is 6.04. The first-order valence-corrected chi connectivity index (χ1v) is 7.28. The third-order valence-corrected chi connectivity index (χ3v) is 4.48. The summed E-state index contributed by atoms with van der Waals surface area (Å²) in [5.74, 6) is 0.0136. The van der Waals surface area contributed by atoms with Crippen molar-refractivity contribution in [3.63, 3.8) is 0 Å². The normalized spacial score (nSPS) is 28.2. The largest absolute Gasteiger partial charge is 0.389 e. The van der Waals surface area contributed by atoms with Gasteiger partial charge in [0.2, 0.25) is 5.91 Å². The SMILES string of the molecule is CN1CCCC1CNC(=O)CC1(O)CCCCC1. The van der Waals surface area contributed by atoms with Crippen molar-refractivity contribution < 1.29 is 9.90 Å². The fourth-order valence-corrected chi connectivity index (χ4v) is 3.22. The molecule has 1 aliphatic heterocycles. The molecule has 1 heterocycles. The topological polar surface area (TPSA) is 52.6 Å². The predicted octanol–water partition coefficient (Wildman–Crippen LogP) is 1.28. The zero-order valence-electron chi connectivity index (χ0n) is 11.5. The molecule has 18 heavy (non-hydrogen) atoms. The average molecular weight is 254 g/mol. The minimum Gasteiger partial charge on any atom is -0.389 e. The van der Waals surface area contributed by atoms with Gasteiger partial charge in [-0.05, 0) is 39.3 Å². The highest BCUT2D eigenvalue weighted by atomic mass is 16.3. The number of hydrogen-bond acceptors (Lipinski definition) is 3. The minimum absolute atomic E-state index is 0.0136. The summed E-state index contributed by atoms with van der Waals surface area (Å²) < 4.78 is 0. The number of carbonyl (C=O) groups excluding carboxylic acids is 1. The first-order valence-electron chi connectivity index (χ1n) is 7.28. The standard InChI is InChI=1S/C14H26N2O2/c1-16-9-5-6-12(16)11-15-13(17)10-14(18)7-3-2-4-8-14/h12,18H,2-11H2,1H3,(H,15,17). The summed E-state index contributed by atoms with van der Waals surface area (Å²) in [6.07, 6.45) is 7.53. The molecule has 2 fully saturated rings. The van der Waals surface area contributed by atoms with Crippen LogP contribution in [0.1, 0.15) is 51.4 Å². The van der Waals surface area contributed by atoms with Crippen LogP contribution >= 0.6 is 0 Å². The Balaban J connectivity index is 1.71. The van der Waals surface area contributed by atoms with Crippen LogP contribution in [0.2, 0.25) is 0 Å². The monoisotopic (exact) mass is 254 g/mol. The van der Waals surface area contributed by atoms with Gasteiger partial charge in [0, 0.05) is 12.6 Å². The summed E-state index contributed by atoms with van der Waals surface area (Å²) in [5, 5.41) is 13.3. The molecular weight excluding hydrogens is 228 g/mol. The summed E-state index contributed by atoms with van der Waals surface area (Å²) in [6.45, 7) is 1.86.